The fraction of sp³-hybridized carbons (Fsp3) is 0.438. The van der Waals surface area contributed by atoms with Crippen molar-refractivity contribution in [1.82, 2.24) is 14.5 Å². The van der Waals surface area contributed by atoms with Crippen molar-refractivity contribution in [1.29, 1.82) is 0 Å². The van der Waals surface area contributed by atoms with E-state index in [1.165, 1.54) is 17.8 Å². The second kappa shape index (κ2) is 5.57. The Kier molecular flexibility index (Phi) is 3.65. The maximum Gasteiger partial charge on any atom is 0.122 e. The predicted octanol–water partition coefficient (Wildman–Crippen LogP) is 2.72. The lowest BCUT2D eigenvalue weighted by atomic mass is 10.0. The average molecular weight is 255 g/mol. The minimum Gasteiger partial charge on any atom is -0.333 e. The number of aryl methyl sites for hydroxylation is 1. The molecule has 0 N–H and O–H groups in total. The molecular formula is C16H21N3. The summed E-state index contributed by atoms with van der Waals surface area (Å²) in [6, 6.07) is 11.4. The predicted molar refractivity (Wildman–Crippen MR) is 76.9 cm³/mol. The van der Waals surface area contributed by atoms with Crippen LogP contribution in [0, 0.1) is 0 Å². The number of hydrogen-bond acceptors (Lipinski definition) is 2. The van der Waals surface area contributed by atoms with Crippen LogP contribution in [0.5, 0.6) is 0 Å². The molecule has 1 aromatic carbocycles. The van der Waals surface area contributed by atoms with E-state index in [1.807, 2.05) is 6.20 Å². The smallest absolute Gasteiger partial charge is 0.122 e. The largest absolute Gasteiger partial charge is 0.333 e. The molecule has 0 fully saturated rings. The Hall–Kier alpha value is -1.61. The molecule has 0 radical (unpaired) electrons. The summed E-state index contributed by atoms with van der Waals surface area (Å²) in [7, 11) is 0. The molecule has 3 rings (SSSR count). The molecule has 2 aromatic rings. The number of benzene rings is 1. The highest BCUT2D eigenvalue weighted by atomic mass is 15.2. The van der Waals surface area contributed by atoms with Crippen LogP contribution in [0.3, 0.4) is 0 Å². The summed E-state index contributed by atoms with van der Waals surface area (Å²) in [6.45, 7) is 5.54. The Morgan fingerprint density at radius 1 is 1.21 bits per heavy atom. The highest BCUT2D eigenvalue weighted by molar-refractivity contribution is 5.14. The Bertz CT molecular complexity index is 518. The maximum atomic E-state index is 4.43. The normalized spacial score (nSPS) is 17.1. The van der Waals surface area contributed by atoms with Crippen LogP contribution >= 0.6 is 0 Å². The molecule has 1 aliphatic rings. The molecule has 1 atom stereocenters. The zero-order chi connectivity index (χ0) is 13.1. The first kappa shape index (κ1) is 12.4. The topological polar surface area (TPSA) is 21.1 Å². The van der Waals surface area contributed by atoms with Gasteiger partial charge in [0.25, 0.3) is 0 Å². The van der Waals surface area contributed by atoms with Gasteiger partial charge in [-0.3, -0.25) is 4.90 Å². The number of nitrogens with zero attached hydrogens (tertiary/aromatic N) is 3. The average Bonchev–Trinajstić information content (AvgIpc) is 2.93. The molecule has 1 aliphatic heterocycles. The second-order valence-electron chi connectivity index (χ2n) is 5.38. The van der Waals surface area contributed by atoms with Crippen LogP contribution in [0.4, 0.5) is 0 Å². The van der Waals surface area contributed by atoms with E-state index in [4.69, 9.17) is 0 Å². The minimum absolute atomic E-state index is 0.616. The summed E-state index contributed by atoms with van der Waals surface area (Å²) >= 11 is 0. The standard InChI is InChI=1S/C16H21N3/c1-14(7-8-15-5-3-2-4-6-15)19-12-11-18-10-9-17-16(18)13-19/h2-6,9-10,14H,7-8,11-13H2,1H3/t14-/m0/s1. The van der Waals surface area contributed by atoms with Crippen LogP contribution in [0.1, 0.15) is 24.7 Å². The van der Waals surface area contributed by atoms with Crippen LogP contribution in [0.2, 0.25) is 0 Å². The van der Waals surface area contributed by atoms with Crippen molar-refractivity contribution in [3.8, 4) is 0 Å². The van der Waals surface area contributed by atoms with E-state index in [9.17, 15) is 0 Å². The van der Waals surface area contributed by atoms with E-state index < -0.39 is 0 Å². The second-order valence-corrected chi connectivity index (χ2v) is 5.38. The fourth-order valence-corrected chi connectivity index (χ4v) is 2.77. The third-order valence-electron chi connectivity index (χ3n) is 4.09. The van der Waals surface area contributed by atoms with E-state index >= 15 is 0 Å². The first-order valence-corrected chi connectivity index (χ1v) is 7.11. The quantitative estimate of drug-likeness (QED) is 0.837. The van der Waals surface area contributed by atoms with Crippen molar-refractivity contribution in [2.75, 3.05) is 6.54 Å². The third kappa shape index (κ3) is 2.87. The molecule has 0 saturated heterocycles. The molecule has 2 heterocycles. The van der Waals surface area contributed by atoms with Crippen molar-refractivity contribution >= 4 is 0 Å². The van der Waals surface area contributed by atoms with E-state index in [1.54, 1.807) is 0 Å². The molecule has 0 aliphatic carbocycles. The first-order chi connectivity index (χ1) is 9.33. The van der Waals surface area contributed by atoms with Crippen LogP contribution in [-0.4, -0.2) is 27.0 Å². The molecule has 0 spiro atoms. The molecule has 100 valence electrons. The Balaban J connectivity index is 1.55. The van der Waals surface area contributed by atoms with Gasteiger partial charge in [0, 0.05) is 31.5 Å². The van der Waals surface area contributed by atoms with Crippen molar-refractivity contribution in [3.05, 3.63) is 54.1 Å². The molecule has 0 bridgehead atoms. The lowest BCUT2D eigenvalue weighted by Gasteiger charge is -2.32. The highest BCUT2D eigenvalue weighted by Gasteiger charge is 2.20. The van der Waals surface area contributed by atoms with Gasteiger partial charge in [0.15, 0.2) is 0 Å². The molecule has 0 saturated carbocycles. The maximum absolute atomic E-state index is 4.43. The molecule has 0 unspecified atom stereocenters. The molecule has 0 amide bonds. The molecule has 3 nitrogen and oxygen atoms in total. The Labute approximate surface area is 114 Å². The van der Waals surface area contributed by atoms with Crippen LogP contribution < -0.4 is 0 Å². The number of fused-ring (bicyclic) bond motifs is 1. The zero-order valence-electron chi connectivity index (χ0n) is 11.5. The van der Waals surface area contributed by atoms with Crippen molar-refractivity contribution < 1.29 is 0 Å². The molecule has 1 aromatic heterocycles. The number of rotatable bonds is 4. The van der Waals surface area contributed by atoms with Gasteiger partial charge >= 0.3 is 0 Å². The van der Waals surface area contributed by atoms with E-state index in [-0.39, 0.29) is 0 Å². The van der Waals surface area contributed by atoms with Gasteiger partial charge in [-0.05, 0) is 25.3 Å². The van der Waals surface area contributed by atoms with Crippen LogP contribution in [0.15, 0.2) is 42.7 Å². The van der Waals surface area contributed by atoms with Gasteiger partial charge in [0.05, 0.1) is 6.54 Å². The van der Waals surface area contributed by atoms with Gasteiger partial charge < -0.3 is 4.57 Å². The molecule has 3 heteroatoms. The van der Waals surface area contributed by atoms with Crippen molar-refractivity contribution in [2.24, 2.45) is 0 Å². The van der Waals surface area contributed by atoms with Gasteiger partial charge in [-0.15, -0.1) is 0 Å². The van der Waals surface area contributed by atoms with Crippen molar-refractivity contribution in [2.45, 2.75) is 38.9 Å². The monoisotopic (exact) mass is 255 g/mol. The summed E-state index contributed by atoms with van der Waals surface area (Å²) in [4.78, 5) is 6.98. The summed E-state index contributed by atoms with van der Waals surface area (Å²) in [5.74, 6) is 1.21. The summed E-state index contributed by atoms with van der Waals surface area (Å²) < 4.78 is 2.26. The van der Waals surface area contributed by atoms with Gasteiger partial charge in [0.2, 0.25) is 0 Å². The minimum atomic E-state index is 0.616. The van der Waals surface area contributed by atoms with Gasteiger partial charge in [-0.1, -0.05) is 30.3 Å². The zero-order valence-corrected chi connectivity index (χ0v) is 11.5. The lowest BCUT2D eigenvalue weighted by Crippen LogP contribution is -2.39. The van der Waals surface area contributed by atoms with Gasteiger partial charge in [-0.25, -0.2) is 4.98 Å². The molecular weight excluding hydrogens is 234 g/mol. The van der Waals surface area contributed by atoms with E-state index in [0.717, 1.165) is 26.1 Å². The van der Waals surface area contributed by atoms with E-state index in [0.29, 0.717) is 6.04 Å². The van der Waals surface area contributed by atoms with Crippen molar-refractivity contribution in [3.63, 3.8) is 0 Å². The fourth-order valence-electron chi connectivity index (χ4n) is 2.77. The SMILES string of the molecule is C[C@@H](CCc1ccccc1)N1CCn2ccnc2C1. The number of imidazole rings is 1. The number of hydrogen-bond donors (Lipinski definition) is 0. The van der Waals surface area contributed by atoms with Gasteiger partial charge in [0.1, 0.15) is 5.82 Å². The van der Waals surface area contributed by atoms with Crippen LogP contribution in [-0.2, 0) is 19.5 Å². The van der Waals surface area contributed by atoms with E-state index in [2.05, 4.69) is 57.9 Å². The Morgan fingerprint density at radius 3 is 2.89 bits per heavy atom. The first-order valence-electron chi connectivity index (χ1n) is 7.11. The highest BCUT2D eigenvalue weighted by Crippen LogP contribution is 2.16. The molecule has 19 heavy (non-hydrogen) atoms. The summed E-state index contributed by atoms with van der Waals surface area (Å²) in [6.07, 6.45) is 6.37. The van der Waals surface area contributed by atoms with Crippen LogP contribution in [0.25, 0.3) is 0 Å². The Morgan fingerprint density at radius 2 is 2.05 bits per heavy atom. The summed E-state index contributed by atoms with van der Waals surface area (Å²) in [5, 5.41) is 0. The van der Waals surface area contributed by atoms with Gasteiger partial charge in [-0.2, -0.15) is 0 Å². The lowest BCUT2D eigenvalue weighted by molar-refractivity contribution is 0.156. The summed E-state index contributed by atoms with van der Waals surface area (Å²) in [5.41, 5.74) is 1.44. The third-order valence-corrected chi connectivity index (χ3v) is 4.09. The number of aromatic nitrogens is 2.